The van der Waals surface area contributed by atoms with Gasteiger partial charge in [0.25, 0.3) is 0 Å². The van der Waals surface area contributed by atoms with Crippen molar-refractivity contribution in [2.45, 2.75) is 30.8 Å². The zero-order valence-corrected chi connectivity index (χ0v) is 6.05. The van der Waals surface area contributed by atoms with E-state index in [-0.39, 0.29) is 12.0 Å². The third-order valence-corrected chi connectivity index (χ3v) is 2.66. The van der Waals surface area contributed by atoms with Crippen LogP contribution in [0.5, 0.6) is 0 Å². The van der Waals surface area contributed by atoms with Gasteiger partial charge in [0.2, 0.25) is 0 Å². The van der Waals surface area contributed by atoms with Gasteiger partial charge in [0, 0.05) is 12.5 Å². The summed E-state index contributed by atoms with van der Waals surface area (Å²) in [6, 6.07) is 0. The summed E-state index contributed by atoms with van der Waals surface area (Å²) in [5.41, 5.74) is 0. The van der Waals surface area contributed by atoms with E-state index in [0.29, 0.717) is 6.61 Å². The Hall–Kier alpha value is -0.160. The van der Waals surface area contributed by atoms with Gasteiger partial charge in [0.05, 0.1) is 12.2 Å². The third kappa shape index (κ3) is 0.906. The number of rotatable bonds is 0. The van der Waals surface area contributed by atoms with E-state index in [1.165, 1.54) is 0 Å². The lowest BCUT2D eigenvalue weighted by Crippen LogP contribution is -2.33. The molecule has 0 aromatic rings. The van der Waals surface area contributed by atoms with Crippen LogP contribution in [0.4, 0.5) is 0 Å². The first-order chi connectivity index (χ1) is 5.22. The van der Waals surface area contributed by atoms with Crippen molar-refractivity contribution in [3.63, 3.8) is 0 Å². The quantitative estimate of drug-likeness (QED) is 0.403. The molecule has 1 saturated heterocycles. The zero-order chi connectivity index (χ0) is 8.01. The van der Waals surface area contributed by atoms with Crippen molar-refractivity contribution in [3.8, 4) is 0 Å². The van der Waals surface area contributed by atoms with Crippen LogP contribution in [0, 0.1) is 5.92 Å². The Morgan fingerprint density at radius 2 is 1.73 bits per heavy atom. The van der Waals surface area contributed by atoms with Crippen molar-refractivity contribution in [2.24, 2.45) is 5.92 Å². The highest BCUT2D eigenvalue weighted by Gasteiger charge is 2.51. The van der Waals surface area contributed by atoms with E-state index in [0.717, 1.165) is 6.42 Å². The molecule has 0 aromatic carbocycles. The molecule has 4 heteroatoms. The number of aliphatic hydroxyl groups is 3. The number of fused-ring (bicyclic) bond motifs is 1. The predicted molar refractivity (Wildman–Crippen MR) is 35.9 cm³/mol. The molecule has 0 aromatic heterocycles. The van der Waals surface area contributed by atoms with E-state index in [4.69, 9.17) is 4.74 Å². The summed E-state index contributed by atoms with van der Waals surface area (Å²) < 4.78 is 5.16. The topological polar surface area (TPSA) is 69.9 Å². The lowest BCUT2D eigenvalue weighted by molar-refractivity contribution is -0.0576. The summed E-state index contributed by atoms with van der Waals surface area (Å²) in [6.45, 7) is 0.580. The lowest BCUT2D eigenvalue weighted by Gasteiger charge is -2.13. The summed E-state index contributed by atoms with van der Waals surface area (Å²) in [7, 11) is 0. The Balaban J connectivity index is 2.17. The fraction of sp³-hybridized carbons (Fsp3) is 1.00. The Labute approximate surface area is 64.4 Å². The molecule has 2 aliphatic rings. The van der Waals surface area contributed by atoms with Gasteiger partial charge in [-0.3, -0.25) is 0 Å². The molecule has 11 heavy (non-hydrogen) atoms. The maximum absolute atomic E-state index is 9.35. The van der Waals surface area contributed by atoms with E-state index in [9.17, 15) is 15.3 Å². The van der Waals surface area contributed by atoms with Crippen LogP contribution >= 0.6 is 0 Å². The van der Waals surface area contributed by atoms with Crippen molar-refractivity contribution in [1.82, 2.24) is 0 Å². The minimum atomic E-state index is -1.02. The molecule has 2 fully saturated rings. The fourth-order valence-corrected chi connectivity index (χ4v) is 1.99. The average molecular weight is 160 g/mol. The monoisotopic (exact) mass is 160 g/mol. The van der Waals surface area contributed by atoms with Crippen molar-refractivity contribution in [3.05, 3.63) is 0 Å². The summed E-state index contributed by atoms with van der Waals surface area (Å²) in [6.07, 6.45) is -2.35. The van der Waals surface area contributed by atoms with Crippen LogP contribution in [0.1, 0.15) is 6.42 Å². The number of hydrogen-bond acceptors (Lipinski definition) is 4. The van der Waals surface area contributed by atoms with Crippen molar-refractivity contribution in [1.29, 1.82) is 0 Å². The van der Waals surface area contributed by atoms with Gasteiger partial charge in [-0.25, -0.2) is 0 Å². The van der Waals surface area contributed by atoms with E-state index in [1.54, 1.807) is 0 Å². The molecule has 0 radical (unpaired) electrons. The Morgan fingerprint density at radius 3 is 2.36 bits per heavy atom. The van der Waals surface area contributed by atoms with Crippen LogP contribution in [0.25, 0.3) is 0 Å². The second-order valence-corrected chi connectivity index (χ2v) is 3.26. The molecular weight excluding hydrogens is 148 g/mol. The van der Waals surface area contributed by atoms with Crippen LogP contribution in [0.3, 0.4) is 0 Å². The molecule has 0 spiro atoms. The van der Waals surface area contributed by atoms with Crippen molar-refractivity contribution >= 4 is 0 Å². The number of aliphatic hydroxyl groups excluding tert-OH is 3. The fourth-order valence-electron chi connectivity index (χ4n) is 1.99. The molecular formula is C7H12O4. The summed E-state index contributed by atoms with van der Waals surface area (Å²) in [5.74, 6) is -0.0694. The second-order valence-electron chi connectivity index (χ2n) is 3.26. The highest BCUT2D eigenvalue weighted by molar-refractivity contribution is 5.01. The average Bonchev–Trinajstić information content (AvgIpc) is 2.53. The Kier molecular flexibility index (Phi) is 1.64. The van der Waals surface area contributed by atoms with Gasteiger partial charge in [-0.1, -0.05) is 0 Å². The van der Waals surface area contributed by atoms with E-state index >= 15 is 0 Å². The van der Waals surface area contributed by atoms with Crippen LogP contribution in [0.15, 0.2) is 0 Å². The Morgan fingerprint density at radius 1 is 1.00 bits per heavy atom. The summed E-state index contributed by atoms with van der Waals surface area (Å²) in [4.78, 5) is 0. The molecule has 2 rings (SSSR count). The molecule has 1 heterocycles. The molecule has 1 aliphatic carbocycles. The van der Waals surface area contributed by atoms with Gasteiger partial charge in [-0.2, -0.15) is 0 Å². The molecule has 64 valence electrons. The molecule has 0 bridgehead atoms. The van der Waals surface area contributed by atoms with Gasteiger partial charge in [0.15, 0.2) is 0 Å². The third-order valence-electron chi connectivity index (χ3n) is 2.66. The van der Waals surface area contributed by atoms with Gasteiger partial charge in [0.1, 0.15) is 12.2 Å². The van der Waals surface area contributed by atoms with Crippen LogP contribution in [-0.2, 0) is 4.74 Å². The molecule has 4 nitrogen and oxygen atoms in total. The van der Waals surface area contributed by atoms with Gasteiger partial charge in [-0.05, 0) is 6.42 Å². The molecule has 1 aliphatic heterocycles. The normalized spacial score (nSPS) is 56.5. The first-order valence-corrected chi connectivity index (χ1v) is 3.87. The maximum atomic E-state index is 9.35. The van der Waals surface area contributed by atoms with E-state index in [2.05, 4.69) is 0 Å². The summed E-state index contributed by atoms with van der Waals surface area (Å²) in [5, 5.41) is 27.8. The standard InChI is InChI=1S/C7H12O4/c8-4-3-1-2-11-7(3)6(10)5(4)9/h3-10H,1-2H2/t3-,4+,5+,6+,7-/m1/s1. The van der Waals surface area contributed by atoms with E-state index < -0.39 is 18.3 Å². The molecule has 3 N–H and O–H groups in total. The minimum Gasteiger partial charge on any atom is -0.390 e. The smallest absolute Gasteiger partial charge is 0.109 e. The van der Waals surface area contributed by atoms with Crippen LogP contribution in [0.2, 0.25) is 0 Å². The first kappa shape index (κ1) is 7.49. The molecule has 5 atom stereocenters. The Bertz CT molecular complexity index is 145. The molecule has 0 amide bonds. The number of ether oxygens (including phenoxy) is 1. The molecule has 0 unspecified atom stereocenters. The van der Waals surface area contributed by atoms with Crippen molar-refractivity contribution in [2.75, 3.05) is 6.61 Å². The van der Waals surface area contributed by atoms with Crippen LogP contribution < -0.4 is 0 Å². The predicted octanol–water partition coefficient (Wildman–Crippen LogP) is -1.51. The van der Waals surface area contributed by atoms with Gasteiger partial charge < -0.3 is 20.1 Å². The second kappa shape index (κ2) is 2.42. The largest absolute Gasteiger partial charge is 0.390 e. The molecule has 1 saturated carbocycles. The van der Waals surface area contributed by atoms with Gasteiger partial charge in [-0.15, -0.1) is 0 Å². The first-order valence-electron chi connectivity index (χ1n) is 3.87. The van der Waals surface area contributed by atoms with Crippen LogP contribution in [-0.4, -0.2) is 46.3 Å². The van der Waals surface area contributed by atoms with Crippen molar-refractivity contribution < 1.29 is 20.1 Å². The lowest BCUT2D eigenvalue weighted by atomic mass is 10.0. The SMILES string of the molecule is O[C@H]1[C@@H](O)[C@H]2CCO[C@H]2[C@H]1O. The zero-order valence-electron chi connectivity index (χ0n) is 6.05. The highest BCUT2D eigenvalue weighted by Crippen LogP contribution is 2.36. The maximum Gasteiger partial charge on any atom is 0.109 e. The van der Waals surface area contributed by atoms with E-state index in [1.807, 2.05) is 0 Å². The number of hydrogen-bond donors (Lipinski definition) is 3. The summed E-state index contributed by atoms with van der Waals surface area (Å²) >= 11 is 0. The minimum absolute atomic E-state index is 0.0694. The highest BCUT2D eigenvalue weighted by atomic mass is 16.5. The van der Waals surface area contributed by atoms with Gasteiger partial charge >= 0.3 is 0 Å².